The topological polar surface area (TPSA) is 58.2 Å². The summed E-state index contributed by atoms with van der Waals surface area (Å²) in [6.45, 7) is 3.64. The third-order valence-electron chi connectivity index (χ3n) is 2.96. The first-order valence-electron chi connectivity index (χ1n) is 6.43. The molecule has 2 rings (SSSR count). The van der Waals surface area contributed by atoms with Crippen LogP contribution in [-0.2, 0) is 10.0 Å². The lowest BCUT2D eigenvalue weighted by Gasteiger charge is -2.10. The Morgan fingerprint density at radius 1 is 0.950 bits per heavy atom. The lowest BCUT2D eigenvalue weighted by atomic mass is 10.2. The summed E-state index contributed by atoms with van der Waals surface area (Å²) in [4.78, 5) is 0. The van der Waals surface area contributed by atoms with Crippen molar-refractivity contribution in [2.24, 2.45) is 0 Å². The number of sulfonamides is 1. The van der Waals surface area contributed by atoms with Gasteiger partial charge in [-0.3, -0.25) is 4.72 Å². The smallest absolute Gasteiger partial charge is 0.232 e. The first-order valence-corrected chi connectivity index (χ1v) is 8.08. The molecule has 0 saturated heterocycles. The predicted octanol–water partition coefficient (Wildman–Crippen LogP) is 3.50. The molecule has 0 saturated carbocycles. The molecule has 0 spiro atoms. The van der Waals surface area contributed by atoms with E-state index in [1.807, 2.05) is 43.3 Å². The van der Waals surface area contributed by atoms with Gasteiger partial charge in [0.25, 0.3) is 0 Å². The molecule has 0 bridgehead atoms. The molecule has 2 N–H and O–H groups in total. The Kier molecular flexibility index (Phi) is 4.29. The van der Waals surface area contributed by atoms with Gasteiger partial charge in [-0.15, -0.1) is 0 Å². The van der Waals surface area contributed by atoms with Crippen molar-refractivity contribution in [2.45, 2.75) is 13.8 Å². The van der Waals surface area contributed by atoms with Gasteiger partial charge in [0.15, 0.2) is 0 Å². The van der Waals surface area contributed by atoms with Crippen molar-refractivity contribution in [1.29, 1.82) is 0 Å². The molecular weight excluding hydrogens is 272 g/mol. The van der Waals surface area contributed by atoms with E-state index in [2.05, 4.69) is 10.0 Å². The van der Waals surface area contributed by atoms with Crippen molar-refractivity contribution in [3.63, 3.8) is 0 Å². The molecule has 2 aromatic carbocycles. The van der Waals surface area contributed by atoms with Gasteiger partial charge in [0, 0.05) is 17.1 Å². The van der Waals surface area contributed by atoms with Gasteiger partial charge < -0.3 is 5.32 Å². The lowest BCUT2D eigenvalue weighted by molar-refractivity contribution is 0.602. The number of hydrogen-bond donors (Lipinski definition) is 2. The molecule has 0 aliphatic carbocycles. The fraction of sp³-hybridized carbons (Fsp3) is 0.200. The van der Waals surface area contributed by atoms with Crippen molar-refractivity contribution in [3.8, 4) is 0 Å². The SMILES string of the molecule is CCS(=O)(=O)Nc1ccc(Nc2ccccc2C)cc1. The Balaban J connectivity index is 2.11. The molecule has 0 radical (unpaired) electrons. The van der Waals surface area contributed by atoms with Crippen LogP contribution in [0.2, 0.25) is 0 Å². The Hall–Kier alpha value is -2.01. The van der Waals surface area contributed by atoms with Gasteiger partial charge in [-0.2, -0.15) is 0 Å². The first-order chi connectivity index (χ1) is 9.50. The number of rotatable bonds is 5. The second kappa shape index (κ2) is 5.96. The van der Waals surface area contributed by atoms with Gasteiger partial charge >= 0.3 is 0 Å². The van der Waals surface area contributed by atoms with Crippen LogP contribution in [0.1, 0.15) is 12.5 Å². The summed E-state index contributed by atoms with van der Waals surface area (Å²) >= 11 is 0. The van der Waals surface area contributed by atoms with Crippen molar-refractivity contribution in [2.75, 3.05) is 15.8 Å². The summed E-state index contributed by atoms with van der Waals surface area (Å²) in [7, 11) is -3.22. The Bertz CT molecular complexity index is 679. The van der Waals surface area contributed by atoms with Crippen LogP contribution >= 0.6 is 0 Å². The highest BCUT2D eigenvalue weighted by molar-refractivity contribution is 7.92. The summed E-state index contributed by atoms with van der Waals surface area (Å²) in [6, 6.07) is 15.2. The number of nitrogens with one attached hydrogen (secondary N) is 2. The van der Waals surface area contributed by atoms with E-state index >= 15 is 0 Å². The van der Waals surface area contributed by atoms with Gasteiger partial charge in [-0.1, -0.05) is 18.2 Å². The molecule has 0 fully saturated rings. The fourth-order valence-electron chi connectivity index (χ4n) is 1.74. The number of benzene rings is 2. The maximum atomic E-state index is 11.5. The number of hydrogen-bond acceptors (Lipinski definition) is 3. The monoisotopic (exact) mass is 290 g/mol. The van der Waals surface area contributed by atoms with Crippen LogP contribution < -0.4 is 10.0 Å². The third-order valence-corrected chi connectivity index (χ3v) is 4.27. The van der Waals surface area contributed by atoms with E-state index in [1.165, 1.54) is 0 Å². The Morgan fingerprint density at radius 3 is 2.15 bits per heavy atom. The maximum Gasteiger partial charge on any atom is 0.232 e. The van der Waals surface area contributed by atoms with Crippen LogP contribution in [0.25, 0.3) is 0 Å². The molecule has 20 heavy (non-hydrogen) atoms. The summed E-state index contributed by atoms with van der Waals surface area (Å²) in [5.74, 6) is 0.0657. The minimum atomic E-state index is -3.22. The van der Waals surface area contributed by atoms with E-state index < -0.39 is 10.0 Å². The zero-order chi connectivity index (χ0) is 14.6. The zero-order valence-electron chi connectivity index (χ0n) is 11.6. The molecule has 0 amide bonds. The quantitative estimate of drug-likeness (QED) is 0.886. The van der Waals surface area contributed by atoms with E-state index in [0.717, 1.165) is 16.9 Å². The average molecular weight is 290 g/mol. The molecule has 0 atom stereocenters. The zero-order valence-corrected chi connectivity index (χ0v) is 12.4. The van der Waals surface area contributed by atoms with Crippen LogP contribution in [0.3, 0.4) is 0 Å². The second-order valence-electron chi connectivity index (χ2n) is 4.52. The Labute approximate surface area is 119 Å². The molecule has 0 aliphatic heterocycles. The van der Waals surface area contributed by atoms with Gasteiger partial charge in [-0.25, -0.2) is 8.42 Å². The standard InChI is InChI=1S/C15H18N2O2S/c1-3-20(18,19)17-14-10-8-13(9-11-14)16-15-7-5-4-6-12(15)2/h4-11,16-17H,3H2,1-2H3. The molecule has 0 unspecified atom stereocenters. The maximum absolute atomic E-state index is 11.5. The van der Waals surface area contributed by atoms with Crippen LogP contribution in [0.15, 0.2) is 48.5 Å². The van der Waals surface area contributed by atoms with E-state index in [0.29, 0.717) is 5.69 Å². The highest BCUT2D eigenvalue weighted by atomic mass is 32.2. The number of aryl methyl sites for hydroxylation is 1. The molecule has 0 aliphatic rings. The van der Waals surface area contributed by atoms with E-state index in [1.54, 1.807) is 19.1 Å². The van der Waals surface area contributed by atoms with Crippen LogP contribution in [0.5, 0.6) is 0 Å². The molecular formula is C15H18N2O2S. The molecule has 4 nitrogen and oxygen atoms in total. The summed E-state index contributed by atoms with van der Waals surface area (Å²) in [5, 5.41) is 3.30. The van der Waals surface area contributed by atoms with E-state index in [9.17, 15) is 8.42 Å². The predicted molar refractivity (Wildman–Crippen MR) is 84.0 cm³/mol. The summed E-state index contributed by atoms with van der Waals surface area (Å²) in [6.07, 6.45) is 0. The minimum Gasteiger partial charge on any atom is -0.355 e. The summed E-state index contributed by atoms with van der Waals surface area (Å²) in [5.41, 5.74) is 3.68. The van der Waals surface area contributed by atoms with Crippen molar-refractivity contribution in [3.05, 3.63) is 54.1 Å². The average Bonchev–Trinajstić information content (AvgIpc) is 2.43. The number of para-hydroxylation sites is 1. The van der Waals surface area contributed by atoms with Crippen LogP contribution in [0.4, 0.5) is 17.1 Å². The van der Waals surface area contributed by atoms with Gasteiger partial charge in [0.05, 0.1) is 5.75 Å². The molecule has 2 aromatic rings. The molecule has 0 heterocycles. The third kappa shape index (κ3) is 3.74. The molecule has 5 heteroatoms. The van der Waals surface area contributed by atoms with Crippen molar-refractivity contribution < 1.29 is 8.42 Å². The molecule has 106 valence electrons. The lowest BCUT2D eigenvalue weighted by Crippen LogP contribution is -2.14. The molecule has 0 aromatic heterocycles. The van der Waals surface area contributed by atoms with Gasteiger partial charge in [0.1, 0.15) is 0 Å². The highest BCUT2D eigenvalue weighted by Gasteiger charge is 2.06. The number of anilines is 3. The van der Waals surface area contributed by atoms with Crippen LogP contribution in [-0.4, -0.2) is 14.2 Å². The summed E-state index contributed by atoms with van der Waals surface area (Å²) < 4.78 is 25.4. The van der Waals surface area contributed by atoms with Crippen molar-refractivity contribution >= 4 is 27.1 Å². The normalized spacial score (nSPS) is 11.1. The van der Waals surface area contributed by atoms with E-state index in [-0.39, 0.29) is 5.75 Å². The van der Waals surface area contributed by atoms with Crippen LogP contribution in [0, 0.1) is 6.92 Å². The van der Waals surface area contributed by atoms with Gasteiger partial charge in [-0.05, 0) is 49.7 Å². The fourth-order valence-corrected chi connectivity index (χ4v) is 2.38. The van der Waals surface area contributed by atoms with Crippen molar-refractivity contribution in [1.82, 2.24) is 0 Å². The van der Waals surface area contributed by atoms with E-state index in [4.69, 9.17) is 0 Å². The second-order valence-corrected chi connectivity index (χ2v) is 6.53. The minimum absolute atomic E-state index is 0.0657. The largest absolute Gasteiger partial charge is 0.355 e. The highest BCUT2D eigenvalue weighted by Crippen LogP contribution is 2.21. The Morgan fingerprint density at radius 2 is 1.55 bits per heavy atom. The van der Waals surface area contributed by atoms with Gasteiger partial charge in [0.2, 0.25) is 10.0 Å². The first kappa shape index (κ1) is 14.4.